The number of hydrogen-bond acceptors (Lipinski definition) is 3. The van der Waals surface area contributed by atoms with Crippen LogP contribution in [0.3, 0.4) is 0 Å². The van der Waals surface area contributed by atoms with Gasteiger partial charge in [-0.05, 0) is 83.3 Å². The number of carbonyl (C=O) groups is 1. The molecule has 1 fully saturated rings. The monoisotopic (exact) mass is 435 g/mol. The molecule has 0 saturated carbocycles. The van der Waals surface area contributed by atoms with E-state index in [9.17, 15) is 4.79 Å². The summed E-state index contributed by atoms with van der Waals surface area (Å²) in [6.07, 6.45) is 4.97. The van der Waals surface area contributed by atoms with Crippen molar-refractivity contribution in [3.63, 3.8) is 0 Å². The van der Waals surface area contributed by atoms with Gasteiger partial charge in [0.2, 0.25) is 6.41 Å². The van der Waals surface area contributed by atoms with Crippen LogP contribution in [0.2, 0.25) is 0 Å². The summed E-state index contributed by atoms with van der Waals surface area (Å²) in [7, 11) is 0. The van der Waals surface area contributed by atoms with Gasteiger partial charge in [-0.2, -0.15) is 5.26 Å². The maximum absolute atomic E-state index is 10.9. The third-order valence-electron chi connectivity index (χ3n) is 6.35. The van der Waals surface area contributed by atoms with Crippen molar-refractivity contribution in [3.05, 3.63) is 84.1 Å². The number of piperidine rings is 1. The van der Waals surface area contributed by atoms with Crippen LogP contribution in [-0.2, 0) is 4.79 Å². The molecule has 4 heteroatoms. The van der Waals surface area contributed by atoms with E-state index in [0.29, 0.717) is 12.0 Å². The molecule has 1 amide bonds. The van der Waals surface area contributed by atoms with E-state index in [1.807, 2.05) is 31.2 Å². The second-order valence-electron chi connectivity index (χ2n) is 8.77. The number of hydrogen-bond donors (Lipinski definition) is 1. The summed E-state index contributed by atoms with van der Waals surface area (Å²) < 4.78 is 0. The maximum atomic E-state index is 10.9. The number of carbonyl (C=O) groups excluding carboxylic acids is 1. The van der Waals surface area contributed by atoms with E-state index < -0.39 is 0 Å². The third kappa shape index (κ3) is 4.99. The van der Waals surface area contributed by atoms with Crippen molar-refractivity contribution in [1.82, 2.24) is 5.32 Å². The normalized spacial score (nSPS) is 16.2. The Balaban J connectivity index is 1.77. The van der Waals surface area contributed by atoms with Crippen LogP contribution < -0.4 is 10.2 Å². The minimum Gasteiger partial charge on any atom is -0.371 e. The molecule has 1 saturated heterocycles. The third-order valence-corrected chi connectivity index (χ3v) is 6.35. The SMILES string of the molecule is C/C(=C/NC=O)c1c(-c2ccc(C#N)cc2)cccc1-c1ccc(N2CCCC(C)C2)cc1. The number of amides is 1. The van der Waals surface area contributed by atoms with Crippen molar-refractivity contribution in [1.29, 1.82) is 5.26 Å². The van der Waals surface area contributed by atoms with Gasteiger partial charge in [0.15, 0.2) is 0 Å². The second-order valence-corrected chi connectivity index (χ2v) is 8.77. The molecule has 3 aromatic carbocycles. The quantitative estimate of drug-likeness (QED) is 0.467. The molecule has 0 spiro atoms. The highest BCUT2D eigenvalue weighted by Gasteiger charge is 2.18. The Hall–Kier alpha value is -3.84. The molecule has 0 aliphatic carbocycles. The first kappa shape index (κ1) is 22.4. The van der Waals surface area contributed by atoms with Gasteiger partial charge >= 0.3 is 0 Å². The molecular weight excluding hydrogens is 406 g/mol. The van der Waals surface area contributed by atoms with Crippen LogP contribution in [0.1, 0.15) is 37.8 Å². The van der Waals surface area contributed by atoms with Crippen molar-refractivity contribution in [2.24, 2.45) is 5.92 Å². The van der Waals surface area contributed by atoms with Crippen molar-refractivity contribution in [2.45, 2.75) is 26.7 Å². The minimum absolute atomic E-state index is 0.633. The second kappa shape index (κ2) is 10.2. The van der Waals surface area contributed by atoms with Gasteiger partial charge in [-0.15, -0.1) is 0 Å². The zero-order chi connectivity index (χ0) is 23.2. The van der Waals surface area contributed by atoms with E-state index in [1.165, 1.54) is 18.5 Å². The highest BCUT2D eigenvalue weighted by molar-refractivity contribution is 5.91. The van der Waals surface area contributed by atoms with Crippen LogP contribution in [0.5, 0.6) is 0 Å². The molecule has 1 N–H and O–H groups in total. The van der Waals surface area contributed by atoms with Crippen LogP contribution >= 0.6 is 0 Å². The molecule has 3 aromatic rings. The number of rotatable bonds is 6. The summed E-state index contributed by atoms with van der Waals surface area (Å²) in [5, 5.41) is 11.8. The van der Waals surface area contributed by atoms with E-state index in [4.69, 9.17) is 5.26 Å². The van der Waals surface area contributed by atoms with Crippen LogP contribution in [-0.4, -0.2) is 19.5 Å². The molecule has 0 bridgehead atoms. The molecule has 1 heterocycles. The van der Waals surface area contributed by atoms with Crippen LogP contribution in [0.15, 0.2) is 72.9 Å². The van der Waals surface area contributed by atoms with Crippen molar-refractivity contribution < 1.29 is 4.79 Å². The van der Waals surface area contributed by atoms with Crippen LogP contribution in [0, 0.1) is 17.2 Å². The van der Waals surface area contributed by atoms with Gasteiger partial charge in [0.25, 0.3) is 0 Å². The van der Waals surface area contributed by atoms with Gasteiger partial charge in [0.1, 0.15) is 0 Å². The summed E-state index contributed by atoms with van der Waals surface area (Å²) >= 11 is 0. The minimum atomic E-state index is 0.633. The average molecular weight is 436 g/mol. The maximum Gasteiger partial charge on any atom is 0.211 e. The number of nitrogens with one attached hydrogen (secondary N) is 1. The number of allylic oxidation sites excluding steroid dienone is 1. The summed E-state index contributed by atoms with van der Waals surface area (Å²) in [6.45, 7) is 6.55. The lowest BCUT2D eigenvalue weighted by atomic mass is 9.88. The standard InChI is InChI=1S/C29H29N3O/c1-21-5-4-16-32(19-21)26-14-12-25(13-15-26)28-7-3-6-27(29(28)22(2)18-31-20-33)24-10-8-23(17-30)9-11-24/h3,6-15,18,20-21H,4-5,16,19H2,1-2H3,(H,31,33)/b22-18-. The summed E-state index contributed by atoms with van der Waals surface area (Å²) in [5.41, 5.74) is 8.27. The first-order valence-corrected chi connectivity index (χ1v) is 11.5. The highest BCUT2D eigenvalue weighted by Crippen LogP contribution is 2.37. The number of anilines is 1. The molecule has 1 atom stereocenters. The van der Waals surface area contributed by atoms with Crippen LogP contribution in [0.4, 0.5) is 5.69 Å². The lowest BCUT2D eigenvalue weighted by Gasteiger charge is -2.33. The zero-order valence-electron chi connectivity index (χ0n) is 19.2. The van der Waals surface area contributed by atoms with Gasteiger partial charge in [-0.1, -0.05) is 49.4 Å². The topological polar surface area (TPSA) is 56.1 Å². The molecule has 33 heavy (non-hydrogen) atoms. The Morgan fingerprint density at radius 3 is 2.24 bits per heavy atom. The Bertz CT molecular complexity index is 1190. The molecule has 1 aliphatic heterocycles. The molecule has 166 valence electrons. The Morgan fingerprint density at radius 2 is 1.67 bits per heavy atom. The molecule has 0 aromatic heterocycles. The van der Waals surface area contributed by atoms with E-state index in [2.05, 4.69) is 65.7 Å². The number of benzene rings is 3. The first-order chi connectivity index (χ1) is 16.1. The Labute approximate surface area is 196 Å². The smallest absolute Gasteiger partial charge is 0.211 e. The van der Waals surface area contributed by atoms with Gasteiger partial charge in [-0.3, -0.25) is 4.79 Å². The van der Waals surface area contributed by atoms with Crippen LogP contribution in [0.25, 0.3) is 27.8 Å². The number of nitrogens with zero attached hydrogens (tertiary/aromatic N) is 2. The number of nitriles is 1. The fourth-order valence-corrected chi connectivity index (χ4v) is 4.69. The fraction of sp³-hybridized carbons (Fsp3) is 0.241. The zero-order valence-corrected chi connectivity index (χ0v) is 19.2. The van der Waals surface area contributed by atoms with Crippen molar-refractivity contribution in [3.8, 4) is 28.3 Å². The summed E-state index contributed by atoms with van der Waals surface area (Å²) in [6, 6.07) is 24.9. The van der Waals surface area contributed by atoms with E-state index in [-0.39, 0.29) is 0 Å². The molecular formula is C29H29N3O. The highest BCUT2D eigenvalue weighted by atomic mass is 16.1. The molecule has 0 radical (unpaired) electrons. The fourth-order valence-electron chi connectivity index (χ4n) is 4.69. The van der Waals surface area contributed by atoms with Crippen molar-refractivity contribution in [2.75, 3.05) is 18.0 Å². The predicted molar refractivity (Wildman–Crippen MR) is 135 cm³/mol. The van der Waals surface area contributed by atoms with Gasteiger partial charge in [0.05, 0.1) is 11.6 Å². The lowest BCUT2D eigenvalue weighted by Crippen LogP contribution is -2.34. The molecule has 4 rings (SSSR count). The Kier molecular flexibility index (Phi) is 6.90. The van der Waals surface area contributed by atoms with Gasteiger partial charge < -0.3 is 10.2 Å². The molecule has 1 aliphatic rings. The molecule has 1 unspecified atom stereocenters. The first-order valence-electron chi connectivity index (χ1n) is 11.5. The van der Waals surface area contributed by atoms with E-state index >= 15 is 0 Å². The summed E-state index contributed by atoms with van der Waals surface area (Å²) in [5.74, 6) is 0.729. The van der Waals surface area contributed by atoms with Gasteiger partial charge in [0, 0.05) is 25.0 Å². The average Bonchev–Trinajstić information content (AvgIpc) is 2.87. The Morgan fingerprint density at radius 1 is 1.03 bits per heavy atom. The lowest BCUT2D eigenvalue weighted by molar-refractivity contribution is -0.108. The van der Waals surface area contributed by atoms with E-state index in [0.717, 1.165) is 52.4 Å². The van der Waals surface area contributed by atoms with Crippen molar-refractivity contribution >= 4 is 17.7 Å². The van der Waals surface area contributed by atoms with E-state index in [1.54, 1.807) is 6.20 Å². The summed E-state index contributed by atoms with van der Waals surface area (Å²) in [4.78, 5) is 13.4. The predicted octanol–water partition coefficient (Wildman–Crippen LogP) is 6.24. The largest absolute Gasteiger partial charge is 0.371 e. The molecule has 4 nitrogen and oxygen atoms in total. The van der Waals surface area contributed by atoms with Gasteiger partial charge in [-0.25, -0.2) is 0 Å².